The highest BCUT2D eigenvalue weighted by atomic mass is 16.5. The molecule has 5 heteroatoms. The number of rotatable bonds is 3. The maximum absolute atomic E-state index is 10.5. The molecule has 66 valence electrons. The Morgan fingerprint density at radius 1 is 1.83 bits per heavy atom. The Morgan fingerprint density at radius 2 is 2.50 bits per heavy atom. The van der Waals surface area contributed by atoms with E-state index in [0.29, 0.717) is 5.76 Å². The third-order valence-corrected chi connectivity index (χ3v) is 1.50. The van der Waals surface area contributed by atoms with E-state index >= 15 is 0 Å². The molecule has 1 heterocycles. The van der Waals surface area contributed by atoms with E-state index in [0.717, 1.165) is 0 Å². The Morgan fingerprint density at radius 3 is 2.92 bits per heavy atom. The van der Waals surface area contributed by atoms with E-state index in [9.17, 15) is 9.59 Å². The highest BCUT2D eigenvalue weighted by Gasteiger charge is 2.13. The number of nitrogens with one attached hydrogen (secondary N) is 1. The van der Waals surface area contributed by atoms with Crippen LogP contribution in [0.15, 0.2) is 15.4 Å². The summed E-state index contributed by atoms with van der Waals surface area (Å²) in [6, 6.07) is 1.25. The number of aromatic amines is 1. The zero-order valence-corrected chi connectivity index (χ0v) is 6.53. The molecule has 5 nitrogen and oxygen atoms in total. The number of aliphatic carboxylic acids is 1. The SMILES string of the molecule is CC(Cc1cc(=O)[nH]o1)C(=O)O. The zero-order valence-electron chi connectivity index (χ0n) is 6.53. The lowest BCUT2D eigenvalue weighted by Gasteiger charge is -2.00. The number of carboxylic acids is 1. The van der Waals surface area contributed by atoms with Crippen molar-refractivity contribution in [2.75, 3.05) is 0 Å². The third kappa shape index (κ3) is 1.98. The van der Waals surface area contributed by atoms with Gasteiger partial charge in [-0.1, -0.05) is 6.92 Å². The van der Waals surface area contributed by atoms with E-state index in [1.54, 1.807) is 6.92 Å². The fraction of sp³-hybridized carbons (Fsp3) is 0.429. The average Bonchev–Trinajstić information content (AvgIpc) is 2.35. The van der Waals surface area contributed by atoms with Crippen molar-refractivity contribution in [1.29, 1.82) is 0 Å². The number of carboxylic acid groups (broad SMARTS) is 1. The minimum absolute atomic E-state index is 0.230. The molecule has 0 aliphatic carbocycles. The van der Waals surface area contributed by atoms with Gasteiger partial charge in [-0.25, -0.2) is 0 Å². The van der Waals surface area contributed by atoms with Gasteiger partial charge in [0.2, 0.25) is 0 Å². The molecule has 1 aromatic rings. The predicted molar refractivity (Wildman–Crippen MR) is 39.8 cm³/mol. The first-order valence-electron chi connectivity index (χ1n) is 3.50. The molecule has 0 spiro atoms. The summed E-state index contributed by atoms with van der Waals surface area (Å²) in [6.45, 7) is 1.55. The molecule has 0 amide bonds. The van der Waals surface area contributed by atoms with Crippen molar-refractivity contribution in [3.8, 4) is 0 Å². The van der Waals surface area contributed by atoms with Gasteiger partial charge in [0, 0.05) is 12.5 Å². The number of aromatic nitrogens is 1. The van der Waals surface area contributed by atoms with Gasteiger partial charge in [-0.3, -0.25) is 9.59 Å². The largest absolute Gasteiger partial charge is 0.481 e. The number of hydrogen-bond acceptors (Lipinski definition) is 3. The van der Waals surface area contributed by atoms with Crippen LogP contribution in [0, 0.1) is 5.92 Å². The highest BCUT2D eigenvalue weighted by Crippen LogP contribution is 2.05. The van der Waals surface area contributed by atoms with Crippen molar-refractivity contribution < 1.29 is 14.4 Å². The van der Waals surface area contributed by atoms with Crippen LogP contribution < -0.4 is 5.56 Å². The molecule has 1 atom stereocenters. The van der Waals surface area contributed by atoms with E-state index in [-0.39, 0.29) is 12.0 Å². The topological polar surface area (TPSA) is 83.3 Å². The molecule has 0 fully saturated rings. The molecular weight excluding hydrogens is 162 g/mol. The Balaban J connectivity index is 2.64. The predicted octanol–water partition coefficient (Wildman–Crippen LogP) is 0.231. The van der Waals surface area contributed by atoms with Crippen LogP contribution in [-0.4, -0.2) is 16.2 Å². The quantitative estimate of drug-likeness (QED) is 0.681. The lowest BCUT2D eigenvalue weighted by Crippen LogP contribution is -2.11. The minimum Gasteiger partial charge on any atom is -0.481 e. The molecule has 1 rings (SSSR count). The summed E-state index contributed by atoms with van der Waals surface area (Å²) >= 11 is 0. The molecule has 0 bridgehead atoms. The molecule has 1 unspecified atom stereocenters. The molecule has 12 heavy (non-hydrogen) atoms. The van der Waals surface area contributed by atoms with Crippen LogP contribution in [0.2, 0.25) is 0 Å². The van der Waals surface area contributed by atoms with Gasteiger partial charge in [-0.15, -0.1) is 0 Å². The van der Waals surface area contributed by atoms with Crippen molar-refractivity contribution in [3.63, 3.8) is 0 Å². The van der Waals surface area contributed by atoms with E-state index < -0.39 is 11.9 Å². The molecule has 0 aromatic carbocycles. The van der Waals surface area contributed by atoms with Crippen LogP contribution in [0.25, 0.3) is 0 Å². The summed E-state index contributed by atoms with van der Waals surface area (Å²) in [5.41, 5.74) is -0.345. The first-order chi connectivity index (χ1) is 5.59. The lowest BCUT2D eigenvalue weighted by molar-refractivity contribution is -0.141. The standard InChI is InChI=1S/C7H9NO4/c1-4(7(10)11)2-5-3-6(9)8-12-5/h3-4H,2H2,1H3,(H,8,9)(H,10,11). The first-order valence-corrected chi connectivity index (χ1v) is 3.50. The average molecular weight is 171 g/mol. The van der Waals surface area contributed by atoms with Crippen molar-refractivity contribution in [3.05, 3.63) is 22.2 Å². The Labute approximate surface area is 68.0 Å². The first kappa shape index (κ1) is 8.58. The molecule has 0 aliphatic heterocycles. The zero-order chi connectivity index (χ0) is 9.14. The van der Waals surface area contributed by atoms with E-state index in [2.05, 4.69) is 9.68 Å². The summed E-state index contributed by atoms with van der Waals surface area (Å²) < 4.78 is 4.68. The van der Waals surface area contributed by atoms with Crippen molar-refractivity contribution in [1.82, 2.24) is 5.16 Å². The van der Waals surface area contributed by atoms with Gasteiger partial charge in [0.1, 0.15) is 5.76 Å². The summed E-state index contributed by atoms with van der Waals surface area (Å²) in [6.07, 6.45) is 0.230. The number of hydrogen-bond donors (Lipinski definition) is 2. The van der Waals surface area contributed by atoms with Crippen LogP contribution in [0.1, 0.15) is 12.7 Å². The maximum atomic E-state index is 10.5. The van der Waals surface area contributed by atoms with Crippen LogP contribution >= 0.6 is 0 Å². The second-order valence-corrected chi connectivity index (χ2v) is 2.62. The fourth-order valence-electron chi connectivity index (χ4n) is 0.811. The van der Waals surface area contributed by atoms with Crippen molar-refractivity contribution in [2.45, 2.75) is 13.3 Å². The molecule has 0 saturated carbocycles. The van der Waals surface area contributed by atoms with E-state index in [1.807, 2.05) is 0 Å². The summed E-state index contributed by atoms with van der Waals surface area (Å²) in [7, 11) is 0. The molecule has 0 aliphatic rings. The lowest BCUT2D eigenvalue weighted by atomic mass is 10.1. The van der Waals surface area contributed by atoms with Gasteiger partial charge in [-0.05, 0) is 0 Å². The summed E-state index contributed by atoms with van der Waals surface area (Å²) in [4.78, 5) is 20.9. The smallest absolute Gasteiger partial charge is 0.306 e. The Kier molecular flexibility index (Phi) is 2.32. The number of carbonyl (C=O) groups is 1. The fourth-order valence-corrected chi connectivity index (χ4v) is 0.811. The van der Waals surface area contributed by atoms with Crippen LogP contribution in [0.5, 0.6) is 0 Å². The van der Waals surface area contributed by atoms with Gasteiger partial charge < -0.3 is 9.63 Å². The van der Waals surface area contributed by atoms with Crippen molar-refractivity contribution in [2.24, 2.45) is 5.92 Å². The van der Waals surface area contributed by atoms with Gasteiger partial charge in [-0.2, -0.15) is 5.16 Å². The maximum Gasteiger partial charge on any atom is 0.306 e. The molecule has 2 N–H and O–H groups in total. The van der Waals surface area contributed by atoms with Crippen LogP contribution in [0.3, 0.4) is 0 Å². The summed E-state index contributed by atoms with van der Waals surface area (Å²) in [5.74, 6) is -1.07. The van der Waals surface area contributed by atoms with Crippen molar-refractivity contribution >= 4 is 5.97 Å². The van der Waals surface area contributed by atoms with Gasteiger partial charge >= 0.3 is 5.97 Å². The number of H-pyrrole nitrogens is 1. The monoisotopic (exact) mass is 171 g/mol. The highest BCUT2D eigenvalue weighted by molar-refractivity contribution is 5.69. The normalized spacial score (nSPS) is 12.8. The van der Waals surface area contributed by atoms with Crippen LogP contribution in [0.4, 0.5) is 0 Å². The Bertz CT molecular complexity index is 324. The summed E-state index contributed by atoms with van der Waals surface area (Å²) in [5, 5.41) is 10.6. The molecule has 1 aromatic heterocycles. The van der Waals surface area contributed by atoms with Gasteiger partial charge in [0.15, 0.2) is 0 Å². The Hall–Kier alpha value is -1.52. The van der Waals surface area contributed by atoms with E-state index in [4.69, 9.17) is 5.11 Å². The van der Waals surface area contributed by atoms with E-state index in [1.165, 1.54) is 6.07 Å². The van der Waals surface area contributed by atoms with Gasteiger partial charge in [0.05, 0.1) is 5.92 Å². The van der Waals surface area contributed by atoms with Gasteiger partial charge in [0.25, 0.3) is 5.56 Å². The van der Waals surface area contributed by atoms with Crippen LogP contribution in [-0.2, 0) is 11.2 Å². The molecular formula is C7H9NO4. The second-order valence-electron chi connectivity index (χ2n) is 2.62. The third-order valence-electron chi connectivity index (χ3n) is 1.50. The second kappa shape index (κ2) is 3.25. The minimum atomic E-state index is -0.904. The molecule has 0 radical (unpaired) electrons. The molecule has 0 saturated heterocycles.